The number of hydrogen-bond acceptors (Lipinski definition) is 5. The zero-order chi connectivity index (χ0) is 18.2. The van der Waals surface area contributed by atoms with Crippen LogP contribution < -0.4 is 15.5 Å². The molecule has 0 spiro atoms. The molecule has 0 bridgehead atoms. The molecular weight excluding hydrogens is 328 g/mol. The average molecular weight is 350 g/mol. The minimum absolute atomic E-state index is 0.129. The second-order valence-corrected chi connectivity index (χ2v) is 6.25. The Bertz CT molecular complexity index is 748. The third-order valence-electron chi connectivity index (χ3n) is 4.42. The third kappa shape index (κ3) is 4.93. The Balaban J connectivity index is 1.38. The number of aromatic nitrogens is 2. The molecule has 0 radical (unpaired) electrons. The Morgan fingerprint density at radius 1 is 1.23 bits per heavy atom. The van der Waals surface area contributed by atoms with Crippen molar-refractivity contribution in [3.63, 3.8) is 0 Å². The Labute approximate surface area is 153 Å². The van der Waals surface area contributed by atoms with Crippen molar-refractivity contribution >= 4 is 11.8 Å². The SMILES string of the molecule is N#Cc1ccc(N2CCC(NC(=O)NCCc3ccccn3)CC2)nc1. The van der Waals surface area contributed by atoms with E-state index in [0.717, 1.165) is 43.9 Å². The lowest BCUT2D eigenvalue weighted by Crippen LogP contribution is -2.48. The minimum atomic E-state index is -0.129. The first-order chi connectivity index (χ1) is 12.7. The summed E-state index contributed by atoms with van der Waals surface area (Å²) in [5, 5.41) is 14.8. The van der Waals surface area contributed by atoms with Crippen LogP contribution in [-0.4, -0.2) is 41.7 Å². The van der Waals surface area contributed by atoms with Gasteiger partial charge in [-0.2, -0.15) is 5.26 Å². The first-order valence-corrected chi connectivity index (χ1v) is 8.80. The van der Waals surface area contributed by atoms with Gasteiger partial charge in [0.25, 0.3) is 0 Å². The van der Waals surface area contributed by atoms with Gasteiger partial charge in [-0.15, -0.1) is 0 Å². The molecule has 2 amide bonds. The highest BCUT2D eigenvalue weighted by Crippen LogP contribution is 2.18. The molecule has 0 saturated carbocycles. The van der Waals surface area contributed by atoms with E-state index < -0.39 is 0 Å². The van der Waals surface area contributed by atoms with Gasteiger partial charge in [-0.3, -0.25) is 4.98 Å². The van der Waals surface area contributed by atoms with Gasteiger partial charge in [-0.1, -0.05) is 6.07 Å². The van der Waals surface area contributed by atoms with Crippen molar-refractivity contribution in [2.75, 3.05) is 24.5 Å². The third-order valence-corrected chi connectivity index (χ3v) is 4.42. The predicted octanol–water partition coefficient (Wildman–Crippen LogP) is 1.86. The van der Waals surface area contributed by atoms with Crippen LogP contribution in [0.2, 0.25) is 0 Å². The van der Waals surface area contributed by atoms with E-state index in [1.165, 1.54) is 0 Å². The number of carbonyl (C=O) groups excluding carboxylic acids is 1. The molecule has 0 atom stereocenters. The Hall–Kier alpha value is -3.14. The standard InChI is InChI=1S/C19H22N6O/c20-13-15-4-5-18(23-14-15)25-11-7-17(8-12-25)24-19(26)22-10-6-16-3-1-2-9-21-16/h1-5,9,14,17H,6-8,10-12H2,(H2,22,24,26). The number of nitriles is 1. The highest BCUT2D eigenvalue weighted by atomic mass is 16.2. The number of nitrogens with zero attached hydrogens (tertiary/aromatic N) is 4. The van der Waals surface area contributed by atoms with Crippen LogP contribution in [-0.2, 0) is 6.42 Å². The van der Waals surface area contributed by atoms with Crippen molar-refractivity contribution in [3.8, 4) is 6.07 Å². The van der Waals surface area contributed by atoms with Gasteiger partial charge in [0.15, 0.2) is 0 Å². The smallest absolute Gasteiger partial charge is 0.315 e. The normalized spacial score (nSPS) is 14.5. The quantitative estimate of drug-likeness (QED) is 0.858. The maximum absolute atomic E-state index is 12.0. The van der Waals surface area contributed by atoms with E-state index in [1.54, 1.807) is 18.5 Å². The Kier molecular flexibility index (Phi) is 5.99. The highest BCUT2D eigenvalue weighted by molar-refractivity contribution is 5.74. The first kappa shape index (κ1) is 17.7. The van der Waals surface area contributed by atoms with E-state index in [0.29, 0.717) is 12.1 Å². The number of amides is 2. The molecule has 134 valence electrons. The van der Waals surface area contributed by atoms with Crippen molar-refractivity contribution in [3.05, 3.63) is 54.0 Å². The van der Waals surface area contributed by atoms with Crippen LogP contribution in [0, 0.1) is 11.3 Å². The van der Waals surface area contributed by atoms with Crippen LogP contribution in [0.15, 0.2) is 42.7 Å². The second kappa shape index (κ2) is 8.81. The molecular formula is C19H22N6O. The molecule has 1 aliphatic rings. The topological polar surface area (TPSA) is 93.9 Å². The number of pyridine rings is 2. The molecule has 3 heterocycles. The molecule has 1 fully saturated rings. The summed E-state index contributed by atoms with van der Waals surface area (Å²) in [4.78, 5) is 22.8. The van der Waals surface area contributed by atoms with Gasteiger partial charge in [0, 0.05) is 50.2 Å². The minimum Gasteiger partial charge on any atom is -0.356 e. The summed E-state index contributed by atoms with van der Waals surface area (Å²) in [6.45, 7) is 2.23. The van der Waals surface area contributed by atoms with Gasteiger partial charge in [0.2, 0.25) is 0 Å². The van der Waals surface area contributed by atoms with Crippen molar-refractivity contribution in [2.45, 2.75) is 25.3 Å². The second-order valence-electron chi connectivity index (χ2n) is 6.25. The van der Waals surface area contributed by atoms with Crippen molar-refractivity contribution in [1.29, 1.82) is 5.26 Å². The summed E-state index contributed by atoms with van der Waals surface area (Å²) in [6.07, 6.45) is 5.81. The monoisotopic (exact) mass is 350 g/mol. The lowest BCUT2D eigenvalue weighted by atomic mass is 10.1. The fraction of sp³-hybridized carbons (Fsp3) is 0.368. The van der Waals surface area contributed by atoms with Gasteiger partial charge in [0.05, 0.1) is 5.56 Å². The molecule has 7 nitrogen and oxygen atoms in total. The summed E-state index contributed by atoms with van der Waals surface area (Å²) in [7, 11) is 0. The van der Waals surface area contributed by atoms with E-state index in [4.69, 9.17) is 5.26 Å². The van der Waals surface area contributed by atoms with Gasteiger partial charge in [-0.25, -0.2) is 9.78 Å². The van der Waals surface area contributed by atoms with E-state index in [9.17, 15) is 4.79 Å². The largest absolute Gasteiger partial charge is 0.356 e. The van der Waals surface area contributed by atoms with Gasteiger partial charge in [0.1, 0.15) is 11.9 Å². The Morgan fingerprint density at radius 2 is 2.08 bits per heavy atom. The van der Waals surface area contributed by atoms with Crippen molar-refractivity contribution in [1.82, 2.24) is 20.6 Å². The maximum atomic E-state index is 12.0. The lowest BCUT2D eigenvalue weighted by Gasteiger charge is -2.33. The summed E-state index contributed by atoms with van der Waals surface area (Å²) in [5.74, 6) is 0.877. The van der Waals surface area contributed by atoms with Crippen LogP contribution in [0.25, 0.3) is 0 Å². The van der Waals surface area contributed by atoms with Crippen LogP contribution >= 0.6 is 0 Å². The number of piperidine rings is 1. The predicted molar refractivity (Wildman–Crippen MR) is 98.7 cm³/mol. The van der Waals surface area contributed by atoms with Crippen LogP contribution in [0.3, 0.4) is 0 Å². The molecule has 3 rings (SSSR count). The molecule has 1 aliphatic heterocycles. The zero-order valence-corrected chi connectivity index (χ0v) is 14.6. The molecule has 2 N–H and O–H groups in total. The summed E-state index contributed by atoms with van der Waals surface area (Å²) < 4.78 is 0. The van der Waals surface area contributed by atoms with E-state index >= 15 is 0 Å². The number of urea groups is 1. The fourth-order valence-corrected chi connectivity index (χ4v) is 2.98. The van der Waals surface area contributed by atoms with Crippen LogP contribution in [0.5, 0.6) is 0 Å². The molecule has 1 saturated heterocycles. The van der Waals surface area contributed by atoms with Gasteiger partial charge in [-0.05, 0) is 37.1 Å². The van der Waals surface area contributed by atoms with E-state index in [-0.39, 0.29) is 12.1 Å². The molecule has 2 aromatic heterocycles. The summed E-state index contributed by atoms with van der Waals surface area (Å²) >= 11 is 0. The zero-order valence-electron chi connectivity index (χ0n) is 14.6. The lowest BCUT2D eigenvalue weighted by molar-refractivity contribution is 0.234. The fourth-order valence-electron chi connectivity index (χ4n) is 2.98. The summed E-state index contributed by atoms with van der Waals surface area (Å²) in [6, 6.07) is 11.5. The number of nitrogens with one attached hydrogen (secondary N) is 2. The molecule has 0 aliphatic carbocycles. The molecule has 7 heteroatoms. The van der Waals surface area contributed by atoms with Gasteiger partial charge < -0.3 is 15.5 Å². The van der Waals surface area contributed by atoms with Crippen molar-refractivity contribution < 1.29 is 4.79 Å². The maximum Gasteiger partial charge on any atom is 0.315 e. The Morgan fingerprint density at radius 3 is 2.73 bits per heavy atom. The first-order valence-electron chi connectivity index (χ1n) is 8.80. The molecule has 2 aromatic rings. The molecule has 26 heavy (non-hydrogen) atoms. The van der Waals surface area contributed by atoms with E-state index in [1.807, 2.05) is 24.3 Å². The molecule has 0 unspecified atom stereocenters. The van der Waals surface area contributed by atoms with Crippen LogP contribution in [0.1, 0.15) is 24.1 Å². The number of rotatable bonds is 5. The van der Waals surface area contributed by atoms with Crippen LogP contribution in [0.4, 0.5) is 10.6 Å². The van der Waals surface area contributed by atoms with Crippen molar-refractivity contribution in [2.24, 2.45) is 0 Å². The summed E-state index contributed by atoms with van der Waals surface area (Å²) in [5.41, 5.74) is 1.53. The van der Waals surface area contributed by atoms with Gasteiger partial charge >= 0.3 is 6.03 Å². The van der Waals surface area contributed by atoms with E-state index in [2.05, 4.69) is 31.6 Å². The number of hydrogen-bond donors (Lipinski definition) is 2. The average Bonchev–Trinajstić information content (AvgIpc) is 2.69. The number of anilines is 1. The molecule has 0 aromatic carbocycles. The highest BCUT2D eigenvalue weighted by Gasteiger charge is 2.21. The number of carbonyl (C=O) groups is 1.